The van der Waals surface area contributed by atoms with E-state index in [2.05, 4.69) is 15.4 Å². The third-order valence-corrected chi connectivity index (χ3v) is 5.23. The van der Waals surface area contributed by atoms with Gasteiger partial charge in [-0.3, -0.25) is 19.0 Å². The lowest BCUT2D eigenvalue weighted by Gasteiger charge is -2.13. The van der Waals surface area contributed by atoms with E-state index < -0.39 is 0 Å². The van der Waals surface area contributed by atoms with Crippen molar-refractivity contribution in [3.8, 4) is 0 Å². The molecule has 1 amide bonds. The predicted octanol–water partition coefficient (Wildman–Crippen LogP) is 3.18. The summed E-state index contributed by atoms with van der Waals surface area (Å²) in [5.41, 5.74) is 1.72. The van der Waals surface area contributed by atoms with E-state index in [1.807, 2.05) is 48.8 Å². The second-order valence-corrected chi connectivity index (χ2v) is 7.65. The Morgan fingerprint density at radius 2 is 2.11 bits per heavy atom. The minimum absolute atomic E-state index is 0.0985. The molecular weight excluding hydrogens is 362 g/mol. The number of thiophene rings is 1. The number of nitrogens with one attached hydrogen (secondary N) is 1. The van der Waals surface area contributed by atoms with Crippen LogP contribution in [0.5, 0.6) is 0 Å². The molecule has 0 spiro atoms. The standard InChI is InChI=1S/C19H19N5O2S/c1-11(2)17-22-23(10-16(25)21-14-5-4-12(3)20-9-14)18(26)15-8-13-6-7-27-19(13)24(15)17/h4-9,11H,10H2,1-3H3,(H,21,25). The summed E-state index contributed by atoms with van der Waals surface area (Å²) in [6, 6.07) is 7.44. The first-order valence-corrected chi connectivity index (χ1v) is 9.54. The molecule has 0 aliphatic carbocycles. The summed E-state index contributed by atoms with van der Waals surface area (Å²) >= 11 is 1.58. The lowest BCUT2D eigenvalue weighted by molar-refractivity contribution is -0.117. The van der Waals surface area contributed by atoms with Gasteiger partial charge in [0.2, 0.25) is 5.91 Å². The van der Waals surface area contributed by atoms with Crippen molar-refractivity contribution < 1.29 is 4.79 Å². The lowest BCUT2D eigenvalue weighted by Crippen LogP contribution is -2.32. The lowest BCUT2D eigenvalue weighted by atomic mass is 10.2. The first kappa shape index (κ1) is 17.4. The summed E-state index contributed by atoms with van der Waals surface area (Å²) < 4.78 is 3.15. The zero-order chi connectivity index (χ0) is 19.1. The minimum Gasteiger partial charge on any atom is -0.323 e. The van der Waals surface area contributed by atoms with Crippen LogP contribution in [0.15, 0.2) is 40.6 Å². The van der Waals surface area contributed by atoms with Crippen LogP contribution in [-0.2, 0) is 11.3 Å². The van der Waals surface area contributed by atoms with Crippen LogP contribution in [0.4, 0.5) is 5.69 Å². The van der Waals surface area contributed by atoms with Gasteiger partial charge >= 0.3 is 0 Å². The van der Waals surface area contributed by atoms with Crippen LogP contribution in [0.3, 0.4) is 0 Å². The van der Waals surface area contributed by atoms with Crippen molar-refractivity contribution in [3.05, 3.63) is 57.7 Å². The monoisotopic (exact) mass is 381 g/mol. The normalized spacial score (nSPS) is 11.6. The zero-order valence-corrected chi connectivity index (χ0v) is 16.1. The number of carbonyl (C=O) groups excluding carboxylic acids is 1. The summed E-state index contributed by atoms with van der Waals surface area (Å²) in [4.78, 5) is 30.5. The number of anilines is 1. The van der Waals surface area contributed by atoms with Crippen LogP contribution in [-0.4, -0.2) is 25.1 Å². The van der Waals surface area contributed by atoms with Gasteiger partial charge in [-0.25, -0.2) is 4.68 Å². The van der Waals surface area contributed by atoms with E-state index in [4.69, 9.17) is 0 Å². The third-order valence-electron chi connectivity index (χ3n) is 4.32. The number of rotatable bonds is 4. The molecule has 0 saturated carbocycles. The van der Waals surface area contributed by atoms with Gasteiger partial charge in [0.1, 0.15) is 22.7 Å². The molecule has 4 heterocycles. The molecule has 7 nitrogen and oxygen atoms in total. The van der Waals surface area contributed by atoms with Gasteiger partial charge in [-0.1, -0.05) is 13.8 Å². The number of fused-ring (bicyclic) bond motifs is 3. The van der Waals surface area contributed by atoms with E-state index >= 15 is 0 Å². The van der Waals surface area contributed by atoms with Gasteiger partial charge < -0.3 is 5.32 Å². The van der Waals surface area contributed by atoms with Crippen molar-refractivity contribution in [2.24, 2.45) is 0 Å². The van der Waals surface area contributed by atoms with Gasteiger partial charge in [-0.05, 0) is 36.6 Å². The quantitative estimate of drug-likeness (QED) is 0.589. The highest BCUT2D eigenvalue weighted by molar-refractivity contribution is 7.16. The zero-order valence-electron chi connectivity index (χ0n) is 15.3. The highest BCUT2D eigenvalue weighted by Gasteiger charge is 2.18. The summed E-state index contributed by atoms with van der Waals surface area (Å²) in [5.74, 6) is 0.538. The number of aryl methyl sites for hydroxylation is 1. The van der Waals surface area contributed by atoms with Crippen molar-refractivity contribution in [2.75, 3.05) is 5.32 Å². The number of amides is 1. The molecule has 0 unspecified atom stereocenters. The molecule has 27 heavy (non-hydrogen) atoms. The van der Waals surface area contributed by atoms with Gasteiger partial charge in [-0.2, -0.15) is 5.10 Å². The molecule has 0 atom stereocenters. The first-order valence-electron chi connectivity index (χ1n) is 8.66. The fourth-order valence-electron chi connectivity index (χ4n) is 3.01. The van der Waals surface area contributed by atoms with E-state index in [1.165, 1.54) is 4.68 Å². The number of hydrogen-bond donors (Lipinski definition) is 1. The molecule has 0 radical (unpaired) electrons. The Bertz CT molecular complexity index is 1200. The fourth-order valence-corrected chi connectivity index (χ4v) is 3.92. The largest absolute Gasteiger partial charge is 0.323 e. The van der Waals surface area contributed by atoms with Gasteiger partial charge in [0.05, 0.1) is 11.9 Å². The fraction of sp³-hybridized carbons (Fsp3) is 0.263. The van der Waals surface area contributed by atoms with Gasteiger partial charge in [-0.15, -0.1) is 11.3 Å². The maximum atomic E-state index is 12.9. The Kier molecular flexibility index (Phi) is 4.27. The molecule has 0 aliphatic heterocycles. The van der Waals surface area contributed by atoms with E-state index in [9.17, 15) is 9.59 Å². The van der Waals surface area contributed by atoms with Crippen molar-refractivity contribution in [3.63, 3.8) is 0 Å². The molecule has 4 aromatic heterocycles. The number of carbonyl (C=O) groups is 1. The molecule has 4 aromatic rings. The molecular formula is C19H19N5O2S. The van der Waals surface area contributed by atoms with Crippen LogP contribution in [0.25, 0.3) is 15.7 Å². The Hall–Kier alpha value is -3.00. The smallest absolute Gasteiger partial charge is 0.291 e. The highest BCUT2D eigenvalue weighted by atomic mass is 32.1. The van der Waals surface area contributed by atoms with Crippen molar-refractivity contribution >= 4 is 38.7 Å². The van der Waals surface area contributed by atoms with Crippen LogP contribution >= 0.6 is 11.3 Å². The molecule has 0 aromatic carbocycles. The number of hydrogen-bond acceptors (Lipinski definition) is 5. The Labute approximate surface area is 159 Å². The summed E-state index contributed by atoms with van der Waals surface area (Å²) in [6.45, 7) is 5.77. The van der Waals surface area contributed by atoms with Crippen molar-refractivity contribution in [1.82, 2.24) is 19.2 Å². The number of pyridine rings is 1. The van der Waals surface area contributed by atoms with Gasteiger partial charge in [0.15, 0.2) is 0 Å². The first-order chi connectivity index (χ1) is 12.9. The van der Waals surface area contributed by atoms with Crippen LogP contribution < -0.4 is 10.9 Å². The third kappa shape index (κ3) is 3.12. The predicted molar refractivity (Wildman–Crippen MR) is 107 cm³/mol. The van der Waals surface area contributed by atoms with Crippen molar-refractivity contribution in [2.45, 2.75) is 33.2 Å². The van der Waals surface area contributed by atoms with Crippen LogP contribution in [0.2, 0.25) is 0 Å². The summed E-state index contributed by atoms with van der Waals surface area (Å²) in [7, 11) is 0. The SMILES string of the molecule is Cc1ccc(NC(=O)Cn2nc(C(C)C)n3c(cc4ccsc43)c2=O)cn1. The Balaban J connectivity index is 1.73. The van der Waals surface area contributed by atoms with Gasteiger partial charge in [0.25, 0.3) is 5.56 Å². The number of aromatic nitrogens is 4. The minimum atomic E-state index is -0.317. The molecule has 4 rings (SSSR count). The molecule has 1 N–H and O–H groups in total. The molecule has 8 heteroatoms. The Morgan fingerprint density at radius 3 is 2.81 bits per heavy atom. The maximum Gasteiger partial charge on any atom is 0.291 e. The average Bonchev–Trinajstić information content (AvgIpc) is 3.21. The molecule has 0 saturated heterocycles. The average molecular weight is 381 g/mol. The van der Waals surface area contributed by atoms with Crippen LogP contribution in [0.1, 0.15) is 31.3 Å². The van der Waals surface area contributed by atoms with Crippen molar-refractivity contribution in [1.29, 1.82) is 0 Å². The second kappa shape index (κ2) is 6.62. The maximum absolute atomic E-state index is 12.9. The highest BCUT2D eigenvalue weighted by Crippen LogP contribution is 2.26. The second-order valence-electron chi connectivity index (χ2n) is 6.76. The molecule has 0 aliphatic rings. The Morgan fingerprint density at radius 1 is 1.30 bits per heavy atom. The summed E-state index contributed by atoms with van der Waals surface area (Å²) in [5, 5.41) is 10.3. The molecule has 0 bridgehead atoms. The van der Waals surface area contributed by atoms with Gasteiger partial charge in [0, 0.05) is 17.0 Å². The van der Waals surface area contributed by atoms with E-state index in [0.29, 0.717) is 11.2 Å². The van der Waals surface area contributed by atoms with E-state index in [-0.39, 0.29) is 23.9 Å². The van der Waals surface area contributed by atoms with E-state index in [1.54, 1.807) is 23.6 Å². The number of nitrogens with zero attached hydrogens (tertiary/aromatic N) is 4. The van der Waals surface area contributed by atoms with E-state index in [0.717, 1.165) is 21.7 Å². The summed E-state index contributed by atoms with van der Waals surface area (Å²) in [6.07, 6.45) is 1.59. The molecule has 0 fully saturated rings. The van der Waals surface area contributed by atoms with Crippen LogP contribution in [0, 0.1) is 6.92 Å². The topological polar surface area (TPSA) is 81.3 Å². The molecule has 138 valence electrons.